The number of aromatic nitrogens is 4. The molecule has 0 spiro atoms. The number of carbonyl (C=O) groups is 1. The Balaban J connectivity index is 2.11. The molecule has 0 amide bonds. The van der Waals surface area contributed by atoms with Gasteiger partial charge in [0.2, 0.25) is 0 Å². The molecule has 2 aromatic heterocycles. The number of rotatable bonds is 3. The second kappa shape index (κ2) is 5.79. The van der Waals surface area contributed by atoms with Gasteiger partial charge in [0.05, 0.1) is 12.8 Å². The minimum Gasteiger partial charge on any atom is -0.465 e. The fourth-order valence-electron chi connectivity index (χ4n) is 3.20. The van der Waals surface area contributed by atoms with Crippen LogP contribution >= 0.6 is 0 Å². The number of esters is 1. The van der Waals surface area contributed by atoms with Crippen molar-refractivity contribution in [2.45, 2.75) is 50.9 Å². The summed E-state index contributed by atoms with van der Waals surface area (Å²) in [6, 6.07) is 0. The van der Waals surface area contributed by atoms with Crippen molar-refractivity contribution in [3.8, 4) is 0 Å². The Bertz CT molecular complexity index is 629. The number of fused-ring (bicyclic) bond motifs is 1. The second-order valence-corrected chi connectivity index (χ2v) is 5.54. The summed E-state index contributed by atoms with van der Waals surface area (Å²) in [4.78, 5) is 16.8. The number of ether oxygens (including phenoxy) is 1. The van der Waals surface area contributed by atoms with E-state index in [0.29, 0.717) is 18.1 Å². The third-order valence-corrected chi connectivity index (χ3v) is 4.27. The van der Waals surface area contributed by atoms with E-state index in [1.165, 1.54) is 0 Å². The van der Waals surface area contributed by atoms with E-state index >= 15 is 0 Å². The normalized spacial score (nSPS) is 18.3. The number of nitrogens with zero attached hydrogens (tertiary/aromatic N) is 4. The summed E-state index contributed by atoms with van der Waals surface area (Å²) in [5.74, 6) is 0.526. The predicted octanol–water partition coefficient (Wildman–Crippen LogP) is 2.28. The average Bonchev–Trinajstić information content (AvgIpc) is 2.78. The van der Waals surface area contributed by atoms with Crippen LogP contribution in [0.1, 0.15) is 51.3 Å². The molecular weight excluding hydrogens is 268 g/mol. The van der Waals surface area contributed by atoms with E-state index in [0.717, 1.165) is 38.5 Å². The zero-order valence-electron chi connectivity index (χ0n) is 12.3. The van der Waals surface area contributed by atoms with Crippen LogP contribution in [0.4, 0.5) is 0 Å². The minimum absolute atomic E-state index is 0.169. The molecular formula is C15H20N4O2. The van der Waals surface area contributed by atoms with Crippen LogP contribution < -0.4 is 0 Å². The molecule has 2 aromatic rings. The molecule has 1 fully saturated rings. The molecule has 0 unspecified atom stereocenters. The van der Waals surface area contributed by atoms with Crippen molar-refractivity contribution in [2.75, 3.05) is 6.61 Å². The van der Waals surface area contributed by atoms with Crippen LogP contribution in [0.15, 0.2) is 18.6 Å². The molecule has 0 aliphatic heterocycles. The van der Waals surface area contributed by atoms with Gasteiger partial charge in [0.15, 0.2) is 11.5 Å². The molecule has 6 heteroatoms. The van der Waals surface area contributed by atoms with E-state index in [9.17, 15) is 4.79 Å². The van der Waals surface area contributed by atoms with Crippen LogP contribution in [-0.2, 0) is 14.9 Å². The highest BCUT2D eigenvalue weighted by Gasteiger charge is 2.45. The maximum Gasteiger partial charge on any atom is 0.319 e. The van der Waals surface area contributed by atoms with Crippen LogP contribution in [0.25, 0.3) is 5.65 Å². The SMILES string of the molecule is CCOC(=O)C1(c2nnc3cnccn23)CCCCCC1. The van der Waals surface area contributed by atoms with Crippen LogP contribution in [0.2, 0.25) is 0 Å². The highest BCUT2D eigenvalue weighted by molar-refractivity contribution is 5.82. The van der Waals surface area contributed by atoms with Crippen molar-refractivity contribution in [3.05, 3.63) is 24.4 Å². The highest BCUT2D eigenvalue weighted by atomic mass is 16.5. The van der Waals surface area contributed by atoms with Crippen molar-refractivity contribution >= 4 is 11.6 Å². The van der Waals surface area contributed by atoms with Gasteiger partial charge >= 0.3 is 5.97 Å². The quantitative estimate of drug-likeness (QED) is 0.640. The lowest BCUT2D eigenvalue weighted by molar-refractivity contribution is -0.151. The standard InChI is InChI=1S/C15H20N4O2/c1-2-21-14(20)15(7-5-3-4-6-8-15)13-18-17-12-11-16-9-10-19(12)13/h9-11H,2-8H2,1H3. The molecule has 3 rings (SSSR count). The lowest BCUT2D eigenvalue weighted by Gasteiger charge is -2.28. The lowest BCUT2D eigenvalue weighted by atomic mass is 9.79. The third kappa shape index (κ3) is 2.39. The number of hydrogen-bond acceptors (Lipinski definition) is 5. The number of carbonyl (C=O) groups excluding carboxylic acids is 1. The van der Waals surface area contributed by atoms with Gasteiger partial charge in [-0.3, -0.25) is 14.2 Å². The fourth-order valence-corrected chi connectivity index (χ4v) is 3.20. The summed E-state index contributed by atoms with van der Waals surface area (Å²) < 4.78 is 7.25. The van der Waals surface area contributed by atoms with Gasteiger partial charge in [-0.1, -0.05) is 25.7 Å². The Morgan fingerprint density at radius 1 is 1.29 bits per heavy atom. The molecule has 1 aliphatic rings. The van der Waals surface area contributed by atoms with Crippen molar-refractivity contribution < 1.29 is 9.53 Å². The first-order valence-corrected chi connectivity index (χ1v) is 7.60. The van der Waals surface area contributed by atoms with Gasteiger partial charge in [0.1, 0.15) is 5.41 Å². The Kier molecular flexibility index (Phi) is 3.86. The van der Waals surface area contributed by atoms with Crippen LogP contribution in [0, 0.1) is 0 Å². The zero-order chi connectivity index (χ0) is 14.7. The molecule has 21 heavy (non-hydrogen) atoms. The van der Waals surface area contributed by atoms with E-state index < -0.39 is 5.41 Å². The van der Waals surface area contributed by atoms with Crippen LogP contribution in [-0.4, -0.2) is 32.2 Å². The Morgan fingerprint density at radius 3 is 2.76 bits per heavy atom. The molecule has 0 aromatic carbocycles. The summed E-state index contributed by atoms with van der Waals surface area (Å²) >= 11 is 0. The highest BCUT2D eigenvalue weighted by Crippen LogP contribution is 2.38. The first-order valence-electron chi connectivity index (χ1n) is 7.60. The van der Waals surface area contributed by atoms with Gasteiger partial charge in [-0.2, -0.15) is 0 Å². The largest absolute Gasteiger partial charge is 0.465 e. The smallest absolute Gasteiger partial charge is 0.319 e. The van der Waals surface area contributed by atoms with Crippen molar-refractivity contribution in [2.24, 2.45) is 0 Å². The lowest BCUT2D eigenvalue weighted by Crippen LogP contribution is -2.39. The minimum atomic E-state index is -0.673. The number of hydrogen-bond donors (Lipinski definition) is 0. The molecule has 0 N–H and O–H groups in total. The second-order valence-electron chi connectivity index (χ2n) is 5.54. The molecule has 1 aliphatic carbocycles. The fraction of sp³-hybridized carbons (Fsp3) is 0.600. The van der Waals surface area contributed by atoms with E-state index in [2.05, 4.69) is 15.2 Å². The van der Waals surface area contributed by atoms with E-state index in [-0.39, 0.29) is 5.97 Å². The maximum atomic E-state index is 12.7. The summed E-state index contributed by atoms with van der Waals surface area (Å²) in [6.45, 7) is 2.23. The van der Waals surface area contributed by atoms with Crippen LogP contribution in [0.3, 0.4) is 0 Å². The predicted molar refractivity (Wildman–Crippen MR) is 76.8 cm³/mol. The van der Waals surface area contributed by atoms with E-state index in [4.69, 9.17) is 4.74 Å². The first kappa shape index (κ1) is 14.0. The summed E-state index contributed by atoms with van der Waals surface area (Å²) in [5, 5.41) is 8.46. The van der Waals surface area contributed by atoms with Gasteiger partial charge in [-0.15, -0.1) is 10.2 Å². The molecule has 112 valence electrons. The van der Waals surface area contributed by atoms with Crippen LogP contribution in [0.5, 0.6) is 0 Å². The Hall–Kier alpha value is -1.98. The molecule has 0 atom stereocenters. The molecule has 0 radical (unpaired) electrons. The van der Waals surface area contributed by atoms with Gasteiger partial charge in [-0.25, -0.2) is 0 Å². The van der Waals surface area contributed by atoms with Gasteiger partial charge in [0.25, 0.3) is 0 Å². The zero-order valence-corrected chi connectivity index (χ0v) is 12.3. The molecule has 0 saturated heterocycles. The summed E-state index contributed by atoms with van der Waals surface area (Å²) in [7, 11) is 0. The third-order valence-electron chi connectivity index (χ3n) is 4.27. The van der Waals surface area contributed by atoms with Crippen molar-refractivity contribution in [1.82, 2.24) is 19.6 Å². The molecule has 2 heterocycles. The Morgan fingerprint density at radius 2 is 2.05 bits per heavy atom. The summed E-state index contributed by atoms with van der Waals surface area (Å²) in [6.07, 6.45) is 11.0. The van der Waals surface area contributed by atoms with Gasteiger partial charge < -0.3 is 4.74 Å². The monoisotopic (exact) mass is 288 g/mol. The van der Waals surface area contributed by atoms with E-state index in [1.54, 1.807) is 12.4 Å². The molecule has 1 saturated carbocycles. The maximum absolute atomic E-state index is 12.7. The average molecular weight is 288 g/mol. The topological polar surface area (TPSA) is 69.4 Å². The Labute approximate surface area is 123 Å². The van der Waals surface area contributed by atoms with Gasteiger partial charge in [0, 0.05) is 12.4 Å². The molecule has 6 nitrogen and oxygen atoms in total. The van der Waals surface area contributed by atoms with Crippen molar-refractivity contribution in [1.29, 1.82) is 0 Å². The summed E-state index contributed by atoms with van der Waals surface area (Å²) in [5.41, 5.74) is -0.00628. The molecule has 0 bridgehead atoms. The van der Waals surface area contributed by atoms with E-state index in [1.807, 2.05) is 17.5 Å². The first-order chi connectivity index (χ1) is 10.3. The van der Waals surface area contributed by atoms with Crippen molar-refractivity contribution in [3.63, 3.8) is 0 Å². The van der Waals surface area contributed by atoms with Gasteiger partial charge in [-0.05, 0) is 19.8 Å².